The quantitative estimate of drug-likeness (QED) is 0.193. The second-order valence-corrected chi connectivity index (χ2v) is 9.94. The van der Waals surface area contributed by atoms with Gasteiger partial charge in [0.2, 0.25) is 0 Å². The van der Waals surface area contributed by atoms with E-state index in [1.54, 1.807) is 19.9 Å². The monoisotopic (exact) mass is 412 g/mol. The number of fused-ring (bicyclic) bond motifs is 2. The van der Waals surface area contributed by atoms with Gasteiger partial charge in [0.15, 0.2) is 6.10 Å². The summed E-state index contributed by atoms with van der Waals surface area (Å²) in [6.07, 6.45) is -6.71. The van der Waals surface area contributed by atoms with Crippen molar-refractivity contribution in [2.75, 3.05) is 6.61 Å². The lowest BCUT2D eigenvalue weighted by Gasteiger charge is -2.70. The summed E-state index contributed by atoms with van der Waals surface area (Å²) in [5, 5.41) is 66.5. The number of allylic oxidation sites excluding steroid dienone is 1. The van der Waals surface area contributed by atoms with Crippen molar-refractivity contribution in [3.63, 3.8) is 0 Å². The summed E-state index contributed by atoms with van der Waals surface area (Å²) in [5.41, 5.74) is -5.93. The summed E-state index contributed by atoms with van der Waals surface area (Å²) < 4.78 is 11.4. The summed E-state index contributed by atoms with van der Waals surface area (Å²) in [5.74, 6) is -2.42. The number of aliphatic hydroxyl groups is 6. The molecule has 4 fully saturated rings. The molecular weight excluding hydrogens is 384 g/mol. The molecule has 0 radical (unpaired) electrons. The van der Waals surface area contributed by atoms with Crippen molar-refractivity contribution in [2.24, 2.45) is 22.7 Å². The fourth-order valence-corrected chi connectivity index (χ4v) is 7.72. The number of rotatable bonds is 0. The molecule has 12 atom stereocenters. The minimum absolute atomic E-state index is 0.179. The van der Waals surface area contributed by atoms with Crippen molar-refractivity contribution in [3.05, 3.63) is 11.6 Å². The van der Waals surface area contributed by atoms with E-state index in [1.807, 2.05) is 0 Å². The van der Waals surface area contributed by atoms with Gasteiger partial charge < -0.3 is 40.1 Å². The van der Waals surface area contributed by atoms with Crippen molar-refractivity contribution in [1.29, 1.82) is 0 Å². The first-order chi connectivity index (χ1) is 13.4. The Labute approximate surface area is 167 Å². The predicted octanol–water partition coefficient (Wildman–Crippen LogP) is -2.16. The van der Waals surface area contributed by atoms with E-state index in [1.165, 1.54) is 6.92 Å². The number of ether oxygens (including phenoxy) is 2. The Kier molecular flexibility index (Phi) is 3.70. The maximum atomic E-state index is 12.5. The van der Waals surface area contributed by atoms with E-state index in [9.17, 15) is 35.4 Å². The maximum absolute atomic E-state index is 12.5. The summed E-state index contributed by atoms with van der Waals surface area (Å²) in [7, 11) is 0. The highest BCUT2D eigenvalue weighted by Crippen LogP contribution is 2.73. The molecule has 9 nitrogen and oxygen atoms in total. The van der Waals surface area contributed by atoms with Gasteiger partial charge in [0.25, 0.3) is 0 Å². The molecule has 0 aromatic rings. The third-order valence-corrected chi connectivity index (χ3v) is 9.13. The summed E-state index contributed by atoms with van der Waals surface area (Å²) in [6.45, 7) is 4.69. The molecule has 0 amide bonds. The van der Waals surface area contributed by atoms with Crippen LogP contribution < -0.4 is 0 Å². The zero-order valence-electron chi connectivity index (χ0n) is 16.5. The van der Waals surface area contributed by atoms with E-state index >= 15 is 0 Å². The minimum atomic E-state index is -2.24. The minimum Gasteiger partial charge on any atom is -0.460 e. The Morgan fingerprint density at radius 2 is 1.76 bits per heavy atom. The number of carbonyl (C=O) groups is 1. The second kappa shape index (κ2) is 5.40. The van der Waals surface area contributed by atoms with Crippen molar-refractivity contribution < 1.29 is 44.9 Å². The third kappa shape index (κ3) is 1.75. The fraction of sp³-hybridized carbons (Fsp3) is 0.850. The van der Waals surface area contributed by atoms with Crippen LogP contribution in [-0.4, -0.2) is 91.0 Å². The Balaban J connectivity index is 1.82. The topological polar surface area (TPSA) is 157 Å². The largest absolute Gasteiger partial charge is 0.460 e. The molecule has 6 N–H and O–H groups in total. The number of hydrogen-bond donors (Lipinski definition) is 6. The smallest absolute Gasteiger partial charge is 0.338 e. The van der Waals surface area contributed by atoms with Crippen LogP contribution in [0.15, 0.2) is 11.6 Å². The molecule has 2 bridgehead atoms. The molecule has 9 heteroatoms. The Morgan fingerprint density at radius 3 is 2.41 bits per heavy atom. The Morgan fingerprint density at radius 1 is 1.10 bits per heavy atom. The van der Waals surface area contributed by atoms with Crippen LogP contribution >= 0.6 is 0 Å². The van der Waals surface area contributed by atoms with Crippen molar-refractivity contribution in [1.82, 2.24) is 0 Å². The van der Waals surface area contributed by atoms with Gasteiger partial charge in [0.05, 0.1) is 30.3 Å². The molecule has 1 spiro atoms. The fourth-order valence-electron chi connectivity index (χ4n) is 7.72. The van der Waals surface area contributed by atoms with Gasteiger partial charge in [0.1, 0.15) is 23.4 Å². The average molecular weight is 412 g/mol. The second-order valence-electron chi connectivity index (χ2n) is 9.94. The molecule has 162 valence electrons. The third-order valence-electron chi connectivity index (χ3n) is 9.13. The zero-order chi connectivity index (χ0) is 21.3. The van der Waals surface area contributed by atoms with Gasteiger partial charge in [0, 0.05) is 11.3 Å². The van der Waals surface area contributed by atoms with Gasteiger partial charge >= 0.3 is 5.97 Å². The van der Waals surface area contributed by atoms with Crippen LogP contribution in [0, 0.1) is 22.7 Å². The molecule has 0 aromatic carbocycles. The van der Waals surface area contributed by atoms with Crippen LogP contribution in [0.3, 0.4) is 0 Å². The number of esters is 1. The van der Waals surface area contributed by atoms with Crippen LogP contribution in [0.25, 0.3) is 0 Å². The maximum Gasteiger partial charge on any atom is 0.338 e. The molecule has 5 aliphatic rings. The SMILES string of the molecule is CC1=C[C@H](O)[C@@H](O)[C@]2(C)C3C(O)[C@H](O)[C@@]4(C)OC[C@@]35[C@@H](C[C@@H]12)OC(=O)[C@H](O)[C@]54O. The molecule has 2 saturated carbocycles. The van der Waals surface area contributed by atoms with Crippen LogP contribution in [0.1, 0.15) is 27.2 Å². The normalized spacial score (nSPS) is 63.3. The van der Waals surface area contributed by atoms with Crippen LogP contribution in [0.2, 0.25) is 0 Å². The van der Waals surface area contributed by atoms with Gasteiger partial charge in [-0.2, -0.15) is 0 Å². The predicted molar refractivity (Wildman–Crippen MR) is 95.1 cm³/mol. The molecular formula is C20H28O9. The first-order valence-corrected chi connectivity index (χ1v) is 10.0. The van der Waals surface area contributed by atoms with E-state index in [2.05, 4.69) is 0 Å². The number of carbonyl (C=O) groups excluding carboxylic acids is 1. The molecule has 5 rings (SSSR count). The Bertz CT molecular complexity index is 814. The lowest BCUT2D eigenvalue weighted by atomic mass is 9.36. The van der Waals surface area contributed by atoms with E-state index in [-0.39, 0.29) is 18.9 Å². The van der Waals surface area contributed by atoms with Gasteiger partial charge in [-0.3, -0.25) is 0 Å². The van der Waals surface area contributed by atoms with Gasteiger partial charge in [-0.15, -0.1) is 0 Å². The molecule has 3 aliphatic carbocycles. The van der Waals surface area contributed by atoms with Gasteiger partial charge in [-0.1, -0.05) is 18.6 Å². The van der Waals surface area contributed by atoms with E-state index in [0.29, 0.717) is 0 Å². The van der Waals surface area contributed by atoms with Crippen LogP contribution in [0.5, 0.6) is 0 Å². The van der Waals surface area contributed by atoms with E-state index in [4.69, 9.17) is 9.47 Å². The molecule has 29 heavy (non-hydrogen) atoms. The highest BCUT2D eigenvalue weighted by atomic mass is 16.6. The first-order valence-electron chi connectivity index (χ1n) is 10.0. The zero-order valence-corrected chi connectivity index (χ0v) is 16.5. The van der Waals surface area contributed by atoms with Gasteiger partial charge in [-0.25, -0.2) is 4.79 Å². The number of hydrogen-bond acceptors (Lipinski definition) is 9. The summed E-state index contributed by atoms with van der Waals surface area (Å²) >= 11 is 0. The van der Waals surface area contributed by atoms with Crippen LogP contribution in [0.4, 0.5) is 0 Å². The Hall–Kier alpha value is -1.07. The van der Waals surface area contributed by atoms with E-state index < -0.39 is 70.5 Å². The van der Waals surface area contributed by atoms with Crippen LogP contribution in [-0.2, 0) is 14.3 Å². The average Bonchev–Trinajstić information content (AvgIpc) is 2.85. The highest BCUT2D eigenvalue weighted by Gasteiger charge is 2.88. The summed E-state index contributed by atoms with van der Waals surface area (Å²) in [4.78, 5) is 12.5. The highest BCUT2D eigenvalue weighted by molar-refractivity contribution is 5.79. The molecule has 0 aromatic heterocycles. The molecule has 2 saturated heterocycles. The number of aliphatic hydroxyl groups excluding tert-OH is 5. The first kappa shape index (κ1) is 19.9. The lowest BCUT2D eigenvalue weighted by molar-refractivity contribution is -0.355. The summed E-state index contributed by atoms with van der Waals surface area (Å²) in [6, 6.07) is 0. The lowest BCUT2D eigenvalue weighted by Crippen LogP contribution is -2.86. The van der Waals surface area contributed by atoms with Crippen molar-refractivity contribution in [3.8, 4) is 0 Å². The molecule has 2 aliphatic heterocycles. The van der Waals surface area contributed by atoms with E-state index in [0.717, 1.165) is 5.57 Å². The van der Waals surface area contributed by atoms with Crippen molar-refractivity contribution in [2.45, 2.75) is 75.0 Å². The standard InChI is InChI=1S/C20H28O9/c1-7-4-9(21)13(23)17(2)8(7)5-10-19-6-28-18(3,14(24)11(22)12(17)19)20(19,27)15(25)16(26)29-10/h4,8-15,21-25,27H,5-6H2,1-3H3/t8-,9-,10+,11?,12?,13+,14-,15-,17-,18+,19+,20+/m0/s1. The van der Waals surface area contributed by atoms with Crippen molar-refractivity contribution >= 4 is 5.97 Å². The molecule has 2 heterocycles. The molecule has 2 unspecified atom stereocenters. The van der Waals surface area contributed by atoms with Gasteiger partial charge in [-0.05, 0) is 26.2 Å².